The van der Waals surface area contributed by atoms with Crippen molar-refractivity contribution in [3.05, 3.63) is 29.3 Å². The van der Waals surface area contributed by atoms with Gasteiger partial charge in [0.05, 0.1) is 16.5 Å². The average Bonchev–Trinajstić information content (AvgIpc) is 2.36. The highest BCUT2D eigenvalue weighted by molar-refractivity contribution is 7.89. The molecule has 0 aliphatic rings. The lowest BCUT2D eigenvalue weighted by Gasteiger charge is -2.14. The smallest absolute Gasteiger partial charge is 0.321 e. The third-order valence-corrected chi connectivity index (χ3v) is 4.22. The van der Waals surface area contributed by atoms with Crippen LogP contribution in [0.3, 0.4) is 0 Å². The molecule has 1 atom stereocenters. The first-order chi connectivity index (χ1) is 8.81. The lowest BCUT2D eigenvalue weighted by atomic mass is 10.2. The molecule has 0 spiro atoms. The van der Waals surface area contributed by atoms with E-state index in [1.165, 1.54) is 18.2 Å². The summed E-state index contributed by atoms with van der Waals surface area (Å²) in [5.74, 6) is -1.24. The van der Waals surface area contributed by atoms with Crippen molar-refractivity contribution in [2.45, 2.75) is 31.2 Å². The van der Waals surface area contributed by atoms with Crippen molar-refractivity contribution < 1.29 is 18.3 Å². The zero-order valence-electron chi connectivity index (χ0n) is 10.5. The number of nitriles is 1. The lowest BCUT2D eigenvalue weighted by Crippen LogP contribution is -2.40. The SMILES string of the molecule is CC[C@@H](NS(=O)(=O)c1cc(C#N)ccc1C)C(=O)O. The van der Waals surface area contributed by atoms with E-state index in [2.05, 4.69) is 4.72 Å². The van der Waals surface area contributed by atoms with Gasteiger partial charge in [-0.15, -0.1) is 0 Å². The minimum atomic E-state index is -3.96. The molecule has 19 heavy (non-hydrogen) atoms. The first kappa shape index (κ1) is 15.1. The van der Waals surface area contributed by atoms with Crippen LogP contribution in [0, 0.1) is 18.3 Å². The van der Waals surface area contributed by atoms with E-state index in [0.29, 0.717) is 5.56 Å². The molecule has 0 saturated heterocycles. The summed E-state index contributed by atoms with van der Waals surface area (Å²) in [4.78, 5) is 10.8. The molecule has 0 aliphatic heterocycles. The fourth-order valence-corrected chi connectivity index (χ4v) is 3.06. The van der Waals surface area contributed by atoms with Crippen LogP contribution in [0.2, 0.25) is 0 Å². The van der Waals surface area contributed by atoms with E-state index in [1.54, 1.807) is 13.8 Å². The highest BCUT2D eigenvalue weighted by Gasteiger charge is 2.25. The molecule has 7 heteroatoms. The van der Waals surface area contributed by atoms with E-state index in [-0.39, 0.29) is 16.9 Å². The van der Waals surface area contributed by atoms with Crippen LogP contribution in [0.4, 0.5) is 0 Å². The summed E-state index contributed by atoms with van der Waals surface area (Å²) in [6.07, 6.45) is 0.131. The van der Waals surface area contributed by atoms with Gasteiger partial charge in [0.25, 0.3) is 0 Å². The fourth-order valence-electron chi connectivity index (χ4n) is 1.52. The van der Waals surface area contributed by atoms with E-state index in [1.807, 2.05) is 6.07 Å². The van der Waals surface area contributed by atoms with Crippen LogP contribution in [0.1, 0.15) is 24.5 Å². The van der Waals surface area contributed by atoms with Gasteiger partial charge in [-0.1, -0.05) is 13.0 Å². The second kappa shape index (κ2) is 5.82. The highest BCUT2D eigenvalue weighted by Crippen LogP contribution is 2.17. The molecule has 1 aromatic carbocycles. The molecular weight excluding hydrogens is 268 g/mol. The number of hydrogen-bond acceptors (Lipinski definition) is 4. The number of nitrogens with zero attached hydrogens (tertiary/aromatic N) is 1. The summed E-state index contributed by atoms with van der Waals surface area (Å²) >= 11 is 0. The Balaban J connectivity index is 3.21. The molecule has 0 aromatic heterocycles. The van der Waals surface area contributed by atoms with Crippen LogP contribution in [0.5, 0.6) is 0 Å². The predicted molar refractivity (Wildman–Crippen MR) is 67.9 cm³/mol. The Kier molecular flexibility index (Phi) is 4.64. The van der Waals surface area contributed by atoms with Crippen molar-refractivity contribution in [3.8, 4) is 6.07 Å². The molecule has 0 aliphatic carbocycles. The largest absolute Gasteiger partial charge is 0.480 e. The first-order valence-corrected chi connectivity index (χ1v) is 7.06. The summed E-state index contributed by atoms with van der Waals surface area (Å²) < 4.78 is 26.3. The third-order valence-electron chi connectivity index (χ3n) is 2.61. The number of carboxylic acids is 1. The van der Waals surface area contributed by atoms with Gasteiger partial charge in [-0.2, -0.15) is 9.98 Å². The number of carboxylic acid groups (broad SMARTS) is 1. The minimum absolute atomic E-state index is 0.0775. The number of benzene rings is 1. The molecule has 1 rings (SSSR count). The number of aryl methyl sites for hydroxylation is 1. The van der Waals surface area contributed by atoms with Crippen molar-refractivity contribution in [2.75, 3.05) is 0 Å². The maximum Gasteiger partial charge on any atom is 0.321 e. The monoisotopic (exact) mass is 282 g/mol. The summed E-state index contributed by atoms with van der Waals surface area (Å²) in [7, 11) is -3.96. The van der Waals surface area contributed by atoms with Crippen LogP contribution < -0.4 is 4.72 Å². The quantitative estimate of drug-likeness (QED) is 0.838. The number of aliphatic carboxylic acids is 1. The third kappa shape index (κ3) is 3.53. The molecule has 0 saturated carbocycles. The lowest BCUT2D eigenvalue weighted by molar-refractivity contribution is -0.139. The van der Waals surface area contributed by atoms with E-state index >= 15 is 0 Å². The van der Waals surface area contributed by atoms with Crippen molar-refractivity contribution in [3.63, 3.8) is 0 Å². The second-order valence-electron chi connectivity index (χ2n) is 4.01. The first-order valence-electron chi connectivity index (χ1n) is 5.57. The van der Waals surface area contributed by atoms with Crippen molar-refractivity contribution in [1.82, 2.24) is 4.72 Å². The van der Waals surface area contributed by atoms with Gasteiger partial charge in [0.2, 0.25) is 10.0 Å². The number of hydrogen-bond donors (Lipinski definition) is 2. The normalized spacial score (nSPS) is 12.7. The van der Waals surface area contributed by atoms with Gasteiger partial charge in [-0.3, -0.25) is 4.79 Å². The summed E-state index contributed by atoms with van der Waals surface area (Å²) in [6.45, 7) is 3.15. The molecule has 0 unspecified atom stereocenters. The topological polar surface area (TPSA) is 107 Å². The van der Waals surface area contributed by atoms with Crippen molar-refractivity contribution in [1.29, 1.82) is 5.26 Å². The Bertz CT molecular complexity index is 632. The zero-order chi connectivity index (χ0) is 14.6. The number of rotatable bonds is 5. The fraction of sp³-hybridized carbons (Fsp3) is 0.333. The van der Waals surface area contributed by atoms with Gasteiger partial charge in [0, 0.05) is 0 Å². The van der Waals surface area contributed by atoms with Crippen molar-refractivity contribution in [2.24, 2.45) is 0 Å². The summed E-state index contributed by atoms with van der Waals surface area (Å²) in [5, 5.41) is 17.6. The number of sulfonamides is 1. The molecule has 0 fully saturated rings. The van der Waals surface area contributed by atoms with Gasteiger partial charge in [-0.25, -0.2) is 8.42 Å². The van der Waals surface area contributed by atoms with Crippen LogP contribution in [0.25, 0.3) is 0 Å². The Labute approximate surface area is 111 Å². The highest BCUT2D eigenvalue weighted by atomic mass is 32.2. The zero-order valence-corrected chi connectivity index (χ0v) is 11.4. The Morgan fingerprint density at radius 1 is 1.53 bits per heavy atom. The molecule has 0 bridgehead atoms. The van der Waals surface area contributed by atoms with E-state index in [0.717, 1.165) is 0 Å². The Morgan fingerprint density at radius 2 is 2.16 bits per heavy atom. The molecular formula is C12H14N2O4S. The Morgan fingerprint density at radius 3 is 2.63 bits per heavy atom. The standard InChI is InChI=1S/C12H14N2O4S/c1-3-10(12(15)16)14-19(17,18)11-6-9(7-13)5-4-8(11)2/h4-6,10,14H,3H2,1-2H3,(H,15,16)/t10-/m1/s1. The van der Waals surface area contributed by atoms with Crippen LogP contribution in [-0.4, -0.2) is 25.5 Å². The number of carbonyl (C=O) groups is 1. The van der Waals surface area contributed by atoms with E-state index in [9.17, 15) is 13.2 Å². The van der Waals surface area contributed by atoms with E-state index in [4.69, 9.17) is 10.4 Å². The predicted octanol–water partition coefficient (Wildman–Crippen LogP) is 1.01. The molecule has 6 nitrogen and oxygen atoms in total. The van der Waals surface area contributed by atoms with Gasteiger partial charge in [0.15, 0.2) is 0 Å². The van der Waals surface area contributed by atoms with Crippen LogP contribution in [0.15, 0.2) is 23.1 Å². The van der Waals surface area contributed by atoms with Gasteiger partial charge in [-0.05, 0) is 31.0 Å². The average molecular weight is 282 g/mol. The summed E-state index contributed by atoms with van der Waals surface area (Å²) in [6, 6.07) is 4.90. The summed E-state index contributed by atoms with van der Waals surface area (Å²) in [5.41, 5.74) is 0.654. The van der Waals surface area contributed by atoms with E-state index < -0.39 is 22.0 Å². The Hall–Kier alpha value is -1.91. The molecule has 102 valence electrons. The van der Waals surface area contributed by atoms with Crippen LogP contribution in [-0.2, 0) is 14.8 Å². The van der Waals surface area contributed by atoms with Crippen molar-refractivity contribution >= 4 is 16.0 Å². The van der Waals surface area contributed by atoms with Gasteiger partial charge >= 0.3 is 5.97 Å². The van der Waals surface area contributed by atoms with Gasteiger partial charge in [0.1, 0.15) is 6.04 Å². The molecule has 0 radical (unpaired) electrons. The maximum atomic E-state index is 12.1. The van der Waals surface area contributed by atoms with Gasteiger partial charge < -0.3 is 5.11 Å². The molecule has 0 amide bonds. The molecule has 0 heterocycles. The molecule has 2 N–H and O–H groups in total. The maximum absolute atomic E-state index is 12.1. The number of nitrogens with one attached hydrogen (secondary N) is 1. The van der Waals surface area contributed by atoms with Crippen LogP contribution >= 0.6 is 0 Å². The second-order valence-corrected chi connectivity index (χ2v) is 5.69. The minimum Gasteiger partial charge on any atom is -0.480 e. The molecule has 1 aromatic rings.